The highest BCUT2D eigenvalue weighted by Crippen LogP contribution is 2.34. The molecule has 15 heavy (non-hydrogen) atoms. The molecule has 0 radical (unpaired) electrons. The van der Waals surface area contributed by atoms with E-state index in [1.165, 1.54) is 0 Å². The van der Waals surface area contributed by atoms with Gasteiger partial charge in [-0.25, -0.2) is 10.0 Å². The van der Waals surface area contributed by atoms with E-state index < -0.39 is 10.0 Å². The maximum atomic E-state index is 11.8. The van der Waals surface area contributed by atoms with Crippen LogP contribution in [0.25, 0.3) is 0 Å². The number of hydrogen-bond acceptors (Lipinski definition) is 2. The van der Waals surface area contributed by atoms with E-state index in [0.717, 1.165) is 5.75 Å². The fourth-order valence-electron chi connectivity index (χ4n) is 0.806. The van der Waals surface area contributed by atoms with Gasteiger partial charge in [0.15, 0.2) is 0 Å². The first-order valence-electron chi connectivity index (χ1n) is 5.40. The van der Waals surface area contributed by atoms with E-state index in [-0.39, 0.29) is 11.4 Å². The van der Waals surface area contributed by atoms with Crippen LogP contribution in [-0.4, -0.2) is 37.1 Å². The molecule has 0 unspecified atom stereocenters. The number of esters is 1. The Kier molecular flexibility index (Phi) is 5.18. The lowest BCUT2D eigenvalue weighted by atomic mass is 9.81. The third kappa shape index (κ3) is 5.45. The van der Waals surface area contributed by atoms with Crippen LogP contribution in [-0.2, 0) is 9.53 Å². The largest absolute Gasteiger partial charge is 0.464 e. The molecule has 0 aliphatic heterocycles. The summed E-state index contributed by atoms with van der Waals surface area (Å²) in [5.74, 6) is 1.24. The quantitative estimate of drug-likeness (QED) is 0.684. The first-order chi connectivity index (χ1) is 6.57. The van der Waals surface area contributed by atoms with Crippen molar-refractivity contribution in [1.82, 2.24) is 0 Å². The summed E-state index contributed by atoms with van der Waals surface area (Å²) in [6.07, 6.45) is 6.69. The van der Waals surface area contributed by atoms with Gasteiger partial charge in [-0.1, -0.05) is 13.8 Å². The van der Waals surface area contributed by atoms with Gasteiger partial charge in [0.2, 0.25) is 0 Å². The van der Waals surface area contributed by atoms with Crippen molar-refractivity contribution in [3.05, 3.63) is 0 Å². The Hall–Kier alpha value is -0.180. The second kappa shape index (κ2) is 5.24. The van der Waals surface area contributed by atoms with Gasteiger partial charge >= 0.3 is 5.97 Å². The van der Waals surface area contributed by atoms with E-state index in [4.69, 9.17) is 4.74 Å². The third-order valence-corrected chi connectivity index (χ3v) is 4.29. The van der Waals surface area contributed by atoms with E-state index in [1.54, 1.807) is 0 Å². The van der Waals surface area contributed by atoms with Crippen LogP contribution in [0.1, 0.15) is 27.7 Å². The molecule has 0 aliphatic rings. The minimum atomic E-state index is -0.563. The smallest absolute Gasteiger partial charge is 0.311 e. The van der Waals surface area contributed by atoms with Gasteiger partial charge in [0.25, 0.3) is 0 Å². The SMILES string of the molecule is CC(C)C(C)(C)C(=O)OCCS(C)(C)C. The number of rotatable bonds is 5. The van der Waals surface area contributed by atoms with Crippen molar-refractivity contribution in [3.8, 4) is 0 Å². The molecular formula is C12H26O2S. The van der Waals surface area contributed by atoms with E-state index in [9.17, 15) is 4.79 Å². The molecule has 0 aliphatic carbocycles. The molecule has 0 spiro atoms. The molecule has 0 fully saturated rings. The maximum absolute atomic E-state index is 11.8. The highest BCUT2D eigenvalue weighted by Gasteiger charge is 2.32. The number of ether oxygens (including phenoxy) is 1. The molecule has 0 N–H and O–H groups in total. The standard InChI is InChI=1S/C12H26O2S/c1-10(2)12(3,4)11(13)14-8-9-15(5,6)7/h10H,8-9H2,1-7H3. The van der Waals surface area contributed by atoms with Crippen molar-refractivity contribution in [2.45, 2.75) is 27.7 Å². The Morgan fingerprint density at radius 3 is 2.07 bits per heavy atom. The minimum Gasteiger partial charge on any atom is -0.464 e. The summed E-state index contributed by atoms with van der Waals surface area (Å²) in [6, 6.07) is 0. The van der Waals surface area contributed by atoms with Crippen LogP contribution >= 0.6 is 10.0 Å². The zero-order valence-corrected chi connectivity index (χ0v) is 12.0. The Labute approximate surface area is 96.1 Å². The van der Waals surface area contributed by atoms with Crippen LogP contribution in [0.2, 0.25) is 0 Å². The second-order valence-corrected chi connectivity index (χ2v) is 10.4. The highest BCUT2D eigenvalue weighted by molar-refractivity contribution is 8.32. The first-order valence-corrected chi connectivity index (χ1v) is 8.43. The Morgan fingerprint density at radius 2 is 1.73 bits per heavy atom. The molecule has 0 aromatic heterocycles. The number of carbonyl (C=O) groups excluding carboxylic acids is 1. The molecule has 92 valence electrons. The van der Waals surface area contributed by atoms with Crippen LogP contribution in [0, 0.1) is 11.3 Å². The van der Waals surface area contributed by atoms with Crippen LogP contribution in [0.4, 0.5) is 0 Å². The molecule has 0 heterocycles. The molecule has 0 aromatic carbocycles. The lowest BCUT2D eigenvalue weighted by Gasteiger charge is -2.29. The molecule has 0 amide bonds. The molecule has 0 saturated carbocycles. The topological polar surface area (TPSA) is 26.3 Å². The highest BCUT2D eigenvalue weighted by atomic mass is 32.3. The van der Waals surface area contributed by atoms with Gasteiger partial charge in [0.1, 0.15) is 0 Å². The van der Waals surface area contributed by atoms with E-state index in [1.807, 2.05) is 13.8 Å². The Balaban J connectivity index is 4.06. The minimum absolute atomic E-state index is 0.0684. The normalized spacial score (nSPS) is 14.1. The molecule has 0 atom stereocenters. The van der Waals surface area contributed by atoms with Crippen LogP contribution in [0.15, 0.2) is 0 Å². The predicted octanol–water partition coefficient (Wildman–Crippen LogP) is 2.91. The summed E-state index contributed by atoms with van der Waals surface area (Å²) in [5.41, 5.74) is -0.368. The van der Waals surface area contributed by atoms with Gasteiger partial charge in [-0.2, -0.15) is 0 Å². The monoisotopic (exact) mass is 234 g/mol. The average molecular weight is 234 g/mol. The van der Waals surface area contributed by atoms with Gasteiger partial charge in [-0.3, -0.25) is 4.79 Å². The van der Waals surface area contributed by atoms with Crippen molar-refractivity contribution in [1.29, 1.82) is 0 Å². The number of carbonyl (C=O) groups is 1. The van der Waals surface area contributed by atoms with Gasteiger partial charge in [0, 0.05) is 5.75 Å². The molecule has 2 nitrogen and oxygen atoms in total. The lowest BCUT2D eigenvalue weighted by Crippen LogP contribution is -2.32. The second-order valence-electron chi connectivity index (χ2n) is 5.81. The van der Waals surface area contributed by atoms with Crippen LogP contribution in [0.3, 0.4) is 0 Å². The molecule has 3 heteroatoms. The molecule has 0 rings (SSSR count). The maximum Gasteiger partial charge on any atom is 0.311 e. The molecule has 0 bridgehead atoms. The van der Waals surface area contributed by atoms with Crippen molar-refractivity contribution in [3.63, 3.8) is 0 Å². The third-order valence-electron chi connectivity index (χ3n) is 2.90. The fourth-order valence-corrected chi connectivity index (χ4v) is 1.39. The summed E-state index contributed by atoms with van der Waals surface area (Å²) >= 11 is 0. The summed E-state index contributed by atoms with van der Waals surface area (Å²) in [6.45, 7) is 8.56. The molecular weight excluding hydrogens is 208 g/mol. The van der Waals surface area contributed by atoms with Crippen molar-refractivity contribution in [2.24, 2.45) is 11.3 Å². The Morgan fingerprint density at radius 1 is 1.27 bits per heavy atom. The summed E-state index contributed by atoms with van der Waals surface area (Å²) in [5, 5.41) is 0. The first kappa shape index (κ1) is 14.8. The predicted molar refractivity (Wildman–Crippen MR) is 69.8 cm³/mol. The van der Waals surface area contributed by atoms with Gasteiger partial charge < -0.3 is 4.74 Å². The molecule has 0 saturated heterocycles. The van der Waals surface area contributed by atoms with E-state index in [2.05, 4.69) is 32.6 Å². The zero-order chi connectivity index (χ0) is 12.3. The van der Waals surface area contributed by atoms with Crippen LogP contribution < -0.4 is 0 Å². The zero-order valence-electron chi connectivity index (χ0n) is 11.2. The fraction of sp³-hybridized carbons (Fsp3) is 0.917. The summed E-state index contributed by atoms with van der Waals surface area (Å²) in [7, 11) is -0.563. The molecule has 0 aromatic rings. The van der Waals surface area contributed by atoms with E-state index >= 15 is 0 Å². The van der Waals surface area contributed by atoms with Gasteiger partial charge in [-0.05, 0) is 38.5 Å². The van der Waals surface area contributed by atoms with E-state index in [0.29, 0.717) is 12.5 Å². The lowest BCUT2D eigenvalue weighted by molar-refractivity contribution is -0.155. The van der Waals surface area contributed by atoms with Crippen molar-refractivity contribution in [2.75, 3.05) is 31.1 Å². The van der Waals surface area contributed by atoms with Crippen molar-refractivity contribution < 1.29 is 9.53 Å². The summed E-state index contributed by atoms with van der Waals surface area (Å²) < 4.78 is 5.33. The van der Waals surface area contributed by atoms with Crippen molar-refractivity contribution >= 4 is 16.0 Å². The summed E-state index contributed by atoms with van der Waals surface area (Å²) in [4.78, 5) is 11.8. The number of hydrogen-bond donors (Lipinski definition) is 0. The average Bonchev–Trinajstić information content (AvgIpc) is 2.01. The Bertz CT molecular complexity index is 214. The van der Waals surface area contributed by atoms with Gasteiger partial charge in [-0.15, -0.1) is 0 Å². The van der Waals surface area contributed by atoms with Gasteiger partial charge in [0.05, 0.1) is 12.0 Å². The van der Waals surface area contributed by atoms with Crippen LogP contribution in [0.5, 0.6) is 0 Å².